The van der Waals surface area contributed by atoms with Crippen LogP contribution in [0.4, 0.5) is 0 Å². The Hall–Kier alpha value is -2.38. The molecule has 120 valence electrons. The third-order valence-corrected chi connectivity index (χ3v) is 3.32. The molecule has 2 rings (SSSR count). The first-order valence-electron chi connectivity index (χ1n) is 7.14. The number of ether oxygens (including phenoxy) is 2. The second-order valence-corrected chi connectivity index (χ2v) is 5.00. The molecule has 0 unspecified atom stereocenters. The van der Waals surface area contributed by atoms with Gasteiger partial charge in [-0.15, -0.1) is 0 Å². The normalized spacial score (nSPS) is 17.7. The molecule has 8 heteroatoms. The summed E-state index contributed by atoms with van der Waals surface area (Å²) in [6.07, 6.45) is 4.54. The maximum absolute atomic E-state index is 12.0. The Morgan fingerprint density at radius 3 is 2.77 bits per heavy atom. The number of carbonyl (C=O) groups is 2. The third kappa shape index (κ3) is 4.31. The van der Waals surface area contributed by atoms with Gasteiger partial charge in [0.15, 0.2) is 0 Å². The van der Waals surface area contributed by atoms with Crippen molar-refractivity contribution < 1.29 is 19.1 Å². The Morgan fingerprint density at radius 1 is 1.36 bits per heavy atom. The summed E-state index contributed by atoms with van der Waals surface area (Å²) >= 11 is 0. The minimum atomic E-state index is -0.220. The number of nitrogens with one attached hydrogen (secondary N) is 1. The zero-order chi connectivity index (χ0) is 15.9. The van der Waals surface area contributed by atoms with Crippen LogP contribution < -0.4 is 14.8 Å². The van der Waals surface area contributed by atoms with Crippen LogP contribution in [0.15, 0.2) is 12.4 Å². The van der Waals surface area contributed by atoms with E-state index in [9.17, 15) is 9.59 Å². The molecule has 1 aliphatic rings. The lowest BCUT2D eigenvalue weighted by Crippen LogP contribution is -2.47. The van der Waals surface area contributed by atoms with Crippen LogP contribution in [0, 0.1) is 0 Å². The summed E-state index contributed by atoms with van der Waals surface area (Å²) in [5.74, 6) is 0.312. The van der Waals surface area contributed by atoms with Gasteiger partial charge < -0.3 is 19.7 Å². The first-order chi connectivity index (χ1) is 10.6. The van der Waals surface area contributed by atoms with Gasteiger partial charge in [-0.2, -0.15) is 0 Å². The van der Waals surface area contributed by atoms with E-state index in [1.54, 1.807) is 4.90 Å². The summed E-state index contributed by atoms with van der Waals surface area (Å²) in [7, 11) is 1.50. The summed E-state index contributed by atoms with van der Waals surface area (Å²) in [4.78, 5) is 32.7. The van der Waals surface area contributed by atoms with Crippen molar-refractivity contribution in [1.82, 2.24) is 20.2 Å². The molecule has 8 nitrogen and oxygen atoms in total. The van der Waals surface area contributed by atoms with E-state index >= 15 is 0 Å². The second-order valence-electron chi connectivity index (χ2n) is 5.00. The molecule has 1 aromatic heterocycles. The molecular weight excluding hydrogens is 288 g/mol. The minimum absolute atomic E-state index is 0.0104. The van der Waals surface area contributed by atoms with E-state index in [1.807, 2.05) is 0 Å². The van der Waals surface area contributed by atoms with Crippen LogP contribution in [-0.4, -0.2) is 59.5 Å². The van der Waals surface area contributed by atoms with Gasteiger partial charge >= 0.3 is 0 Å². The number of rotatable bonds is 5. The number of carbonyl (C=O) groups excluding carboxylic acids is 2. The number of aromatic nitrogens is 2. The molecule has 1 N–H and O–H groups in total. The molecule has 1 aromatic rings. The summed E-state index contributed by atoms with van der Waals surface area (Å²) in [6.45, 7) is 2.51. The smallest absolute Gasteiger partial charge is 0.278 e. The molecule has 0 aromatic carbocycles. The number of nitrogens with zero attached hydrogens (tertiary/aromatic N) is 3. The topological polar surface area (TPSA) is 93.7 Å². The summed E-state index contributed by atoms with van der Waals surface area (Å²) in [5.41, 5.74) is 0. The van der Waals surface area contributed by atoms with Gasteiger partial charge in [0, 0.05) is 25.9 Å². The van der Waals surface area contributed by atoms with Gasteiger partial charge in [-0.05, 0) is 12.8 Å². The fourth-order valence-electron chi connectivity index (χ4n) is 2.26. The maximum Gasteiger partial charge on any atom is 0.278 e. The molecule has 22 heavy (non-hydrogen) atoms. The SMILES string of the molecule is COc1nccnc1O[C@@H]1CCCN(C(=O)CNC(C)=O)C1. The lowest BCUT2D eigenvalue weighted by molar-refractivity contribution is -0.134. The lowest BCUT2D eigenvalue weighted by Gasteiger charge is -2.32. The molecule has 2 heterocycles. The Labute approximate surface area is 128 Å². The van der Waals surface area contributed by atoms with Crippen LogP contribution in [0.5, 0.6) is 11.8 Å². The first-order valence-corrected chi connectivity index (χ1v) is 7.14. The van der Waals surface area contributed by atoms with Crippen LogP contribution in [0.1, 0.15) is 19.8 Å². The highest BCUT2D eigenvalue weighted by Gasteiger charge is 2.26. The van der Waals surface area contributed by atoms with Crippen molar-refractivity contribution in [2.45, 2.75) is 25.9 Å². The fourth-order valence-corrected chi connectivity index (χ4v) is 2.26. The van der Waals surface area contributed by atoms with Crippen molar-refractivity contribution >= 4 is 11.8 Å². The van der Waals surface area contributed by atoms with E-state index in [-0.39, 0.29) is 24.5 Å². The van der Waals surface area contributed by atoms with E-state index in [4.69, 9.17) is 9.47 Å². The molecule has 1 saturated heterocycles. The largest absolute Gasteiger partial charge is 0.477 e. The van der Waals surface area contributed by atoms with Gasteiger partial charge in [0.05, 0.1) is 20.2 Å². The average molecular weight is 308 g/mol. The average Bonchev–Trinajstić information content (AvgIpc) is 2.53. The van der Waals surface area contributed by atoms with Crippen molar-refractivity contribution in [3.63, 3.8) is 0 Å². The number of hydrogen-bond acceptors (Lipinski definition) is 6. The highest BCUT2D eigenvalue weighted by Crippen LogP contribution is 2.23. The number of likely N-dealkylation sites (tertiary alicyclic amines) is 1. The quantitative estimate of drug-likeness (QED) is 0.822. The number of hydrogen-bond donors (Lipinski definition) is 1. The van der Waals surface area contributed by atoms with E-state index in [0.29, 0.717) is 24.8 Å². The number of amides is 2. The van der Waals surface area contributed by atoms with Crippen molar-refractivity contribution in [3.8, 4) is 11.8 Å². The van der Waals surface area contributed by atoms with Gasteiger partial charge in [-0.3, -0.25) is 9.59 Å². The first kappa shape index (κ1) is 16.0. The predicted molar refractivity (Wildman–Crippen MR) is 77.5 cm³/mol. The Balaban J connectivity index is 1.93. The van der Waals surface area contributed by atoms with Gasteiger partial charge in [0.2, 0.25) is 11.8 Å². The molecule has 0 spiro atoms. The molecule has 2 amide bonds. The number of piperidine rings is 1. The fraction of sp³-hybridized carbons (Fsp3) is 0.571. The monoisotopic (exact) mass is 308 g/mol. The minimum Gasteiger partial charge on any atom is -0.477 e. The standard InChI is InChI=1S/C14H20N4O4/c1-10(19)17-8-12(20)18-7-3-4-11(9-18)22-14-13(21-2)15-5-6-16-14/h5-6,11H,3-4,7-9H2,1-2H3,(H,17,19)/t11-/m1/s1. The zero-order valence-corrected chi connectivity index (χ0v) is 12.7. The maximum atomic E-state index is 12.0. The summed E-state index contributed by atoms with van der Waals surface area (Å²) in [6, 6.07) is 0. The lowest BCUT2D eigenvalue weighted by atomic mass is 10.1. The van der Waals surface area contributed by atoms with E-state index in [1.165, 1.54) is 26.4 Å². The number of methoxy groups -OCH3 is 1. The van der Waals surface area contributed by atoms with Gasteiger partial charge in [-0.25, -0.2) is 9.97 Å². The van der Waals surface area contributed by atoms with Crippen LogP contribution in [-0.2, 0) is 9.59 Å². The Kier molecular flexibility index (Phi) is 5.51. The predicted octanol–water partition coefficient (Wildman–Crippen LogP) is -0.00890. The van der Waals surface area contributed by atoms with Crippen LogP contribution in [0.25, 0.3) is 0 Å². The van der Waals surface area contributed by atoms with Crippen LogP contribution in [0.3, 0.4) is 0 Å². The van der Waals surface area contributed by atoms with E-state index in [0.717, 1.165) is 12.8 Å². The molecule has 0 saturated carbocycles. The highest BCUT2D eigenvalue weighted by atomic mass is 16.5. The highest BCUT2D eigenvalue weighted by molar-refractivity contribution is 5.83. The van der Waals surface area contributed by atoms with Crippen molar-refractivity contribution in [2.75, 3.05) is 26.7 Å². The van der Waals surface area contributed by atoms with Crippen molar-refractivity contribution in [1.29, 1.82) is 0 Å². The van der Waals surface area contributed by atoms with Crippen molar-refractivity contribution in [3.05, 3.63) is 12.4 Å². The molecule has 1 aliphatic heterocycles. The molecule has 1 atom stereocenters. The molecule has 1 fully saturated rings. The zero-order valence-electron chi connectivity index (χ0n) is 12.7. The Morgan fingerprint density at radius 2 is 2.09 bits per heavy atom. The van der Waals surface area contributed by atoms with E-state index in [2.05, 4.69) is 15.3 Å². The van der Waals surface area contributed by atoms with Gasteiger partial charge in [0.25, 0.3) is 11.8 Å². The molecule has 0 bridgehead atoms. The molecule has 0 aliphatic carbocycles. The molecular formula is C14H20N4O4. The van der Waals surface area contributed by atoms with E-state index < -0.39 is 0 Å². The van der Waals surface area contributed by atoms with Crippen molar-refractivity contribution in [2.24, 2.45) is 0 Å². The Bertz CT molecular complexity index is 537. The third-order valence-electron chi connectivity index (χ3n) is 3.32. The van der Waals surface area contributed by atoms with Gasteiger partial charge in [0.1, 0.15) is 6.10 Å². The van der Waals surface area contributed by atoms with Gasteiger partial charge in [-0.1, -0.05) is 0 Å². The second kappa shape index (κ2) is 7.58. The molecule has 0 radical (unpaired) electrons. The summed E-state index contributed by atoms with van der Waals surface area (Å²) < 4.78 is 10.9. The van der Waals surface area contributed by atoms with Crippen LogP contribution in [0.2, 0.25) is 0 Å². The van der Waals surface area contributed by atoms with Crippen LogP contribution >= 0.6 is 0 Å². The summed E-state index contributed by atoms with van der Waals surface area (Å²) in [5, 5.41) is 2.51.